The molecule has 4 aromatic rings. The monoisotopic (exact) mass is 269 g/mol. The predicted octanol–water partition coefficient (Wildman–Crippen LogP) is 3.97. The van der Waals surface area contributed by atoms with Crippen molar-refractivity contribution >= 4 is 43.3 Å². The van der Waals surface area contributed by atoms with Crippen LogP contribution in [-0.2, 0) is 0 Å². The quantitative estimate of drug-likeness (QED) is 0.525. The molecule has 0 N–H and O–H groups in total. The van der Waals surface area contributed by atoms with Gasteiger partial charge >= 0.3 is 0 Å². The molecule has 0 saturated heterocycles. The Morgan fingerprint density at radius 3 is 2.50 bits per heavy atom. The summed E-state index contributed by atoms with van der Waals surface area (Å²) in [6.45, 7) is 0. The Balaban J connectivity index is 2.13. The summed E-state index contributed by atoms with van der Waals surface area (Å²) in [6.07, 6.45) is 0. The Morgan fingerprint density at radius 2 is 1.61 bits per heavy atom. The van der Waals surface area contributed by atoms with E-state index < -0.39 is 0 Å². The first-order chi connectivity index (χ1) is 8.93. The molecule has 0 fully saturated rings. The maximum Gasteiger partial charge on any atom is 0.113 e. The highest BCUT2D eigenvalue weighted by molar-refractivity contribution is 7.16. The van der Waals surface area contributed by atoms with Gasteiger partial charge in [-0.2, -0.15) is 0 Å². The van der Waals surface area contributed by atoms with Crippen molar-refractivity contribution in [2.24, 2.45) is 0 Å². The number of benzene rings is 2. The number of hydrogen-bond donors (Lipinski definition) is 0. The van der Waals surface area contributed by atoms with Crippen LogP contribution in [0.3, 0.4) is 0 Å². The minimum Gasteiger partial charge on any atom is -0.244 e. The van der Waals surface area contributed by atoms with E-state index in [2.05, 4.69) is 38.8 Å². The van der Waals surface area contributed by atoms with Gasteiger partial charge in [0.2, 0.25) is 0 Å². The van der Waals surface area contributed by atoms with Crippen LogP contribution in [0.4, 0.5) is 0 Å². The zero-order valence-corrected chi connectivity index (χ0v) is 10.8. The van der Waals surface area contributed by atoms with Crippen molar-refractivity contribution in [3.05, 3.63) is 41.9 Å². The van der Waals surface area contributed by atoms with E-state index in [9.17, 15) is 0 Å². The Kier molecular flexibility index (Phi) is 2.15. The Labute approximate surface area is 111 Å². The molecule has 4 rings (SSSR count). The lowest BCUT2D eigenvalue weighted by Gasteiger charge is -2.02. The van der Waals surface area contributed by atoms with Gasteiger partial charge in [0.05, 0.1) is 20.4 Å². The Hall–Kier alpha value is -1.85. The van der Waals surface area contributed by atoms with Gasteiger partial charge < -0.3 is 0 Å². The molecule has 2 heterocycles. The molecule has 0 aliphatic rings. The van der Waals surface area contributed by atoms with Crippen LogP contribution < -0.4 is 0 Å². The smallest absolute Gasteiger partial charge is 0.113 e. The second kappa shape index (κ2) is 3.83. The van der Waals surface area contributed by atoms with E-state index in [4.69, 9.17) is 0 Å². The highest BCUT2D eigenvalue weighted by Gasteiger charge is 2.11. The summed E-state index contributed by atoms with van der Waals surface area (Å²) >= 11 is 3.08. The molecule has 0 unspecified atom stereocenters. The standard InChI is InChI=1S/C13H7N3S2/c1-3-8(12-10(5-1)17-7-14-12)9-4-2-6-11-13(9)15-16-18-11/h1-7H. The van der Waals surface area contributed by atoms with Gasteiger partial charge in [-0.05, 0) is 23.7 Å². The van der Waals surface area contributed by atoms with Crippen LogP contribution in [0.1, 0.15) is 0 Å². The number of fused-ring (bicyclic) bond motifs is 2. The van der Waals surface area contributed by atoms with E-state index >= 15 is 0 Å². The van der Waals surface area contributed by atoms with E-state index in [-0.39, 0.29) is 0 Å². The Bertz CT molecular complexity index is 775. The van der Waals surface area contributed by atoms with Crippen LogP contribution in [0.25, 0.3) is 31.6 Å². The van der Waals surface area contributed by atoms with E-state index in [0.29, 0.717) is 0 Å². The minimum atomic E-state index is 0.961. The van der Waals surface area contributed by atoms with Crippen molar-refractivity contribution < 1.29 is 0 Å². The summed E-state index contributed by atoms with van der Waals surface area (Å²) in [5, 5.41) is 4.23. The van der Waals surface area contributed by atoms with Crippen LogP contribution in [0, 0.1) is 0 Å². The molecule has 0 aliphatic heterocycles. The van der Waals surface area contributed by atoms with E-state index in [1.54, 1.807) is 11.3 Å². The second-order valence-corrected chi connectivity index (χ2v) is 5.60. The van der Waals surface area contributed by atoms with Crippen LogP contribution >= 0.6 is 22.9 Å². The number of aromatic nitrogens is 3. The molecule has 2 aromatic heterocycles. The summed E-state index contributed by atoms with van der Waals surface area (Å²) in [4.78, 5) is 4.46. The van der Waals surface area contributed by atoms with E-state index in [1.807, 2.05) is 17.6 Å². The molecule has 18 heavy (non-hydrogen) atoms. The molecule has 0 aliphatic carbocycles. The van der Waals surface area contributed by atoms with Crippen molar-refractivity contribution in [3.8, 4) is 11.1 Å². The molecule has 3 nitrogen and oxygen atoms in total. The highest BCUT2D eigenvalue weighted by Crippen LogP contribution is 2.34. The molecule has 86 valence electrons. The zero-order chi connectivity index (χ0) is 11.9. The number of nitrogens with zero attached hydrogens (tertiary/aromatic N) is 3. The third kappa shape index (κ3) is 1.38. The van der Waals surface area contributed by atoms with Crippen molar-refractivity contribution in [2.45, 2.75) is 0 Å². The summed E-state index contributed by atoms with van der Waals surface area (Å²) in [5.41, 5.74) is 6.13. The summed E-state index contributed by atoms with van der Waals surface area (Å²) in [7, 11) is 0. The van der Waals surface area contributed by atoms with Gasteiger partial charge in [0.25, 0.3) is 0 Å². The molecular weight excluding hydrogens is 262 g/mol. The van der Waals surface area contributed by atoms with Gasteiger partial charge in [-0.1, -0.05) is 28.8 Å². The largest absolute Gasteiger partial charge is 0.244 e. The van der Waals surface area contributed by atoms with Gasteiger partial charge in [-0.25, -0.2) is 4.98 Å². The van der Waals surface area contributed by atoms with Crippen LogP contribution in [0.15, 0.2) is 41.9 Å². The fourth-order valence-corrected chi connectivity index (χ4v) is 3.42. The van der Waals surface area contributed by atoms with Gasteiger partial charge in [0.15, 0.2) is 0 Å². The summed E-state index contributed by atoms with van der Waals surface area (Å²) in [5.74, 6) is 0. The van der Waals surface area contributed by atoms with Crippen molar-refractivity contribution in [1.82, 2.24) is 14.6 Å². The predicted molar refractivity (Wildman–Crippen MR) is 76.0 cm³/mol. The second-order valence-electron chi connectivity index (χ2n) is 3.93. The number of para-hydroxylation sites is 1. The van der Waals surface area contributed by atoms with Crippen molar-refractivity contribution in [1.29, 1.82) is 0 Å². The fourth-order valence-electron chi connectivity index (χ4n) is 2.13. The van der Waals surface area contributed by atoms with Crippen LogP contribution in [-0.4, -0.2) is 14.6 Å². The first-order valence-electron chi connectivity index (χ1n) is 5.47. The number of thiazole rings is 1. The van der Waals surface area contributed by atoms with E-state index in [1.165, 1.54) is 16.2 Å². The molecule has 5 heteroatoms. The average Bonchev–Trinajstić information content (AvgIpc) is 3.06. The molecule has 0 bridgehead atoms. The molecule has 0 saturated carbocycles. The van der Waals surface area contributed by atoms with Gasteiger partial charge in [-0.3, -0.25) is 0 Å². The average molecular weight is 269 g/mol. The normalized spacial score (nSPS) is 11.3. The lowest BCUT2D eigenvalue weighted by Crippen LogP contribution is -1.82. The minimum absolute atomic E-state index is 0.961. The summed E-state index contributed by atoms with van der Waals surface area (Å²) in [6, 6.07) is 12.4. The molecule has 0 spiro atoms. The van der Waals surface area contributed by atoms with E-state index in [0.717, 1.165) is 26.9 Å². The first kappa shape index (κ1) is 10.1. The topological polar surface area (TPSA) is 38.7 Å². The number of rotatable bonds is 1. The van der Waals surface area contributed by atoms with Gasteiger partial charge in [-0.15, -0.1) is 16.4 Å². The van der Waals surface area contributed by atoms with Gasteiger partial charge in [0, 0.05) is 11.1 Å². The van der Waals surface area contributed by atoms with Crippen molar-refractivity contribution in [3.63, 3.8) is 0 Å². The molecule has 2 aromatic carbocycles. The molecule has 0 radical (unpaired) electrons. The molecular formula is C13H7N3S2. The maximum atomic E-state index is 4.46. The lowest BCUT2D eigenvalue weighted by atomic mass is 10.0. The van der Waals surface area contributed by atoms with Gasteiger partial charge in [0.1, 0.15) is 5.52 Å². The van der Waals surface area contributed by atoms with Crippen molar-refractivity contribution in [2.75, 3.05) is 0 Å². The molecule has 0 atom stereocenters. The third-order valence-corrected chi connectivity index (χ3v) is 4.41. The summed E-state index contributed by atoms with van der Waals surface area (Å²) < 4.78 is 6.34. The Morgan fingerprint density at radius 1 is 0.833 bits per heavy atom. The zero-order valence-electron chi connectivity index (χ0n) is 9.20. The van der Waals surface area contributed by atoms with Crippen LogP contribution in [0.2, 0.25) is 0 Å². The first-order valence-corrected chi connectivity index (χ1v) is 7.12. The third-order valence-electron chi connectivity index (χ3n) is 2.93. The lowest BCUT2D eigenvalue weighted by molar-refractivity contribution is 1.20. The molecule has 0 amide bonds. The number of hydrogen-bond acceptors (Lipinski definition) is 5. The van der Waals surface area contributed by atoms with Crippen LogP contribution in [0.5, 0.6) is 0 Å². The fraction of sp³-hybridized carbons (Fsp3) is 0. The maximum absolute atomic E-state index is 4.46. The highest BCUT2D eigenvalue weighted by atomic mass is 32.1. The SMILES string of the molecule is c1cc(-c2cccc3snnc23)c2ncsc2c1.